The lowest BCUT2D eigenvalue weighted by molar-refractivity contribution is -0.660. The molecule has 0 saturated heterocycles. The predicted molar refractivity (Wildman–Crippen MR) is 131 cm³/mol. The Bertz CT molecular complexity index is 1310. The van der Waals surface area contributed by atoms with Gasteiger partial charge in [-0.25, -0.2) is 4.57 Å². The van der Waals surface area contributed by atoms with Gasteiger partial charge in [0, 0.05) is 22.9 Å². The first-order chi connectivity index (χ1) is 14.9. The van der Waals surface area contributed by atoms with Gasteiger partial charge in [0.15, 0.2) is 6.20 Å². The zero-order valence-corrected chi connectivity index (χ0v) is 20.2. The van der Waals surface area contributed by atoms with E-state index in [1.54, 1.807) is 0 Å². The number of unbranched alkanes of at least 4 members (excludes halogenated alkanes) is 2. The number of aromatic nitrogens is 1. The molecule has 0 atom stereocenters. The van der Waals surface area contributed by atoms with Crippen molar-refractivity contribution in [1.82, 2.24) is 0 Å². The molecule has 0 radical (unpaired) electrons. The number of furan rings is 1. The summed E-state index contributed by atoms with van der Waals surface area (Å²) in [5.41, 5.74) is 6.08. The van der Waals surface area contributed by atoms with Gasteiger partial charge in [-0.05, 0) is 35.9 Å². The van der Waals surface area contributed by atoms with Gasteiger partial charge in [-0.15, -0.1) is 0 Å². The summed E-state index contributed by atoms with van der Waals surface area (Å²) in [5.74, 6) is 0. The predicted octanol–water partition coefficient (Wildman–Crippen LogP) is 6.36. The molecule has 4 aromatic rings. The molecule has 2 aromatic carbocycles. The van der Waals surface area contributed by atoms with Gasteiger partial charge in [0.1, 0.15) is 18.2 Å². The first-order valence-electron chi connectivity index (χ1n) is 11.2. The maximum absolute atomic E-state index is 9.93. The Kier molecular flexibility index (Phi) is 5.73. The molecule has 0 N–H and O–H groups in total. The third kappa shape index (κ3) is 3.68. The maximum atomic E-state index is 9.93. The number of fused-ring (bicyclic) bond motifs is 3. The van der Waals surface area contributed by atoms with E-state index in [0.717, 1.165) is 38.8 Å². The Morgan fingerprint density at radius 1 is 1.00 bits per heavy atom. The maximum Gasteiger partial charge on any atom is 0.216 e. The van der Waals surface area contributed by atoms with Crippen molar-refractivity contribution in [1.29, 1.82) is 5.26 Å². The molecule has 3 nitrogen and oxygen atoms in total. The zero-order valence-electron chi connectivity index (χ0n) is 19.2. The van der Waals surface area contributed by atoms with Crippen molar-refractivity contribution in [3.8, 4) is 17.3 Å². The molecule has 0 aliphatic heterocycles. The second-order valence-corrected chi connectivity index (χ2v) is 14.0. The number of hydrogen-bond donors (Lipinski definition) is 0. The minimum absolute atomic E-state index is 0.781. The lowest BCUT2D eigenvalue weighted by Gasteiger charge is -2.24. The van der Waals surface area contributed by atoms with Crippen molar-refractivity contribution in [2.45, 2.75) is 52.2 Å². The summed E-state index contributed by atoms with van der Waals surface area (Å²) >= 11 is 0. The Morgan fingerprint density at radius 3 is 2.45 bits per heavy atom. The third-order valence-corrected chi connectivity index (χ3v) is 9.99. The van der Waals surface area contributed by atoms with Crippen LogP contribution >= 0.6 is 0 Å². The average Bonchev–Trinajstić information content (AvgIpc) is 3.12. The van der Waals surface area contributed by atoms with Gasteiger partial charge >= 0.3 is 0 Å². The van der Waals surface area contributed by atoms with Crippen LogP contribution < -0.4 is 9.75 Å². The highest BCUT2D eigenvalue weighted by atomic mass is 28.3. The highest BCUT2D eigenvalue weighted by Crippen LogP contribution is 2.37. The summed E-state index contributed by atoms with van der Waals surface area (Å²) in [6.45, 7) is 9.15. The Morgan fingerprint density at radius 2 is 1.74 bits per heavy atom. The number of nitriles is 1. The molecule has 0 aliphatic carbocycles. The van der Waals surface area contributed by atoms with E-state index < -0.39 is 8.07 Å². The van der Waals surface area contributed by atoms with E-state index in [1.807, 2.05) is 12.1 Å². The fourth-order valence-corrected chi connectivity index (χ4v) is 7.86. The van der Waals surface area contributed by atoms with Gasteiger partial charge in [-0.2, -0.15) is 5.26 Å². The molecule has 0 amide bonds. The van der Waals surface area contributed by atoms with Gasteiger partial charge in [-0.1, -0.05) is 57.5 Å². The van der Waals surface area contributed by atoms with Crippen LogP contribution in [0.5, 0.6) is 0 Å². The molecule has 4 rings (SSSR count). The van der Waals surface area contributed by atoms with E-state index in [9.17, 15) is 5.26 Å². The molecule has 4 heteroatoms. The topological polar surface area (TPSA) is 40.8 Å². The molecule has 0 fully saturated rings. The lowest BCUT2D eigenvalue weighted by atomic mass is 10.0. The van der Waals surface area contributed by atoms with E-state index in [2.05, 4.69) is 81.2 Å². The second kappa shape index (κ2) is 8.32. The first kappa shape index (κ1) is 21.3. The Balaban J connectivity index is 2.04. The highest BCUT2D eigenvalue weighted by Gasteiger charge is 2.31. The summed E-state index contributed by atoms with van der Waals surface area (Å²) < 4.78 is 8.85. The number of rotatable bonds is 6. The Labute approximate surface area is 185 Å². The second-order valence-electron chi connectivity index (χ2n) is 9.25. The first-order valence-corrected chi connectivity index (χ1v) is 14.4. The van der Waals surface area contributed by atoms with Crippen molar-refractivity contribution in [3.05, 3.63) is 59.8 Å². The van der Waals surface area contributed by atoms with E-state index in [4.69, 9.17) is 4.42 Å². The average molecular weight is 428 g/mol. The van der Waals surface area contributed by atoms with Crippen LogP contribution in [-0.2, 0) is 7.05 Å². The SMILES string of the molecule is CCCCC[Si](C)(C)c1c(C#N)ccc2c1oc1c(-c3cccc[n+]3C)c(C)ccc12. The van der Waals surface area contributed by atoms with E-state index in [0.29, 0.717) is 0 Å². The zero-order chi connectivity index (χ0) is 22.2. The van der Waals surface area contributed by atoms with Gasteiger partial charge in [0.05, 0.1) is 25.3 Å². The van der Waals surface area contributed by atoms with E-state index in [1.165, 1.54) is 36.1 Å². The van der Waals surface area contributed by atoms with Gasteiger partial charge in [-0.3, -0.25) is 0 Å². The van der Waals surface area contributed by atoms with Crippen molar-refractivity contribution in [2.75, 3.05) is 0 Å². The monoisotopic (exact) mass is 427 g/mol. The fourth-order valence-electron chi connectivity index (χ4n) is 4.81. The minimum Gasteiger partial charge on any atom is -0.455 e. The third-order valence-electron chi connectivity index (χ3n) is 6.53. The van der Waals surface area contributed by atoms with Crippen molar-refractivity contribution in [2.24, 2.45) is 7.05 Å². The molecular weight excluding hydrogens is 396 g/mol. The molecule has 2 aromatic heterocycles. The van der Waals surface area contributed by atoms with E-state index in [-0.39, 0.29) is 0 Å². The summed E-state index contributed by atoms with van der Waals surface area (Å²) in [4.78, 5) is 0. The van der Waals surface area contributed by atoms with Gasteiger partial charge < -0.3 is 4.42 Å². The highest BCUT2D eigenvalue weighted by molar-refractivity contribution is 6.91. The smallest absolute Gasteiger partial charge is 0.216 e. The standard InChI is InChI=1S/C27H31N2OSi/c1-6-7-10-17-31(4,5)27-20(18-28)13-15-22-21-14-12-19(2)24(25(21)30-26(22)27)23-11-8-9-16-29(23)3/h8-9,11-16H,6-7,10,17H2,1-5H3/q+1. The quantitative estimate of drug-likeness (QED) is 0.204. The normalized spacial score (nSPS) is 11.9. The summed E-state index contributed by atoms with van der Waals surface area (Å²) in [7, 11) is 0.217. The molecular formula is C27H31N2OSi+. The minimum atomic E-state index is -1.85. The molecule has 0 saturated carbocycles. The van der Waals surface area contributed by atoms with Crippen LogP contribution in [0.4, 0.5) is 0 Å². The molecule has 158 valence electrons. The fraction of sp³-hybridized carbons (Fsp3) is 0.333. The number of pyridine rings is 1. The molecule has 0 spiro atoms. The van der Waals surface area contributed by atoms with Crippen molar-refractivity contribution in [3.63, 3.8) is 0 Å². The van der Waals surface area contributed by atoms with Crippen molar-refractivity contribution < 1.29 is 8.98 Å². The van der Waals surface area contributed by atoms with Crippen LogP contribution in [0.2, 0.25) is 19.1 Å². The number of aryl methyl sites for hydroxylation is 2. The van der Waals surface area contributed by atoms with Gasteiger partial charge in [0.2, 0.25) is 5.69 Å². The summed E-state index contributed by atoms with van der Waals surface area (Å²) in [6.07, 6.45) is 5.73. The van der Waals surface area contributed by atoms with Crippen LogP contribution in [-0.4, -0.2) is 8.07 Å². The van der Waals surface area contributed by atoms with Crippen LogP contribution in [0.25, 0.3) is 33.2 Å². The molecule has 2 heterocycles. The van der Waals surface area contributed by atoms with Gasteiger partial charge in [0.25, 0.3) is 0 Å². The number of nitrogens with zero attached hydrogens (tertiary/aromatic N) is 2. The van der Waals surface area contributed by atoms with Crippen LogP contribution in [0.1, 0.15) is 37.3 Å². The number of hydrogen-bond acceptors (Lipinski definition) is 2. The van der Waals surface area contributed by atoms with E-state index >= 15 is 0 Å². The Hall–Kier alpha value is -2.90. The molecule has 0 aliphatic rings. The molecule has 0 unspecified atom stereocenters. The van der Waals surface area contributed by atoms with Crippen LogP contribution in [0.3, 0.4) is 0 Å². The van der Waals surface area contributed by atoms with Crippen LogP contribution in [0, 0.1) is 18.3 Å². The summed E-state index contributed by atoms with van der Waals surface area (Å²) in [5, 5.41) is 13.4. The number of benzene rings is 2. The van der Waals surface area contributed by atoms with Crippen molar-refractivity contribution >= 4 is 35.2 Å². The molecule has 0 bridgehead atoms. The molecule has 31 heavy (non-hydrogen) atoms. The van der Waals surface area contributed by atoms with Crippen LogP contribution in [0.15, 0.2) is 53.1 Å². The summed E-state index contributed by atoms with van der Waals surface area (Å²) in [6, 6.07) is 18.3. The largest absolute Gasteiger partial charge is 0.455 e. The lowest BCUT2D eigenvalue weighted by Crippen LogP contribution is -2.43.